The lowest BCUT2D eigenvalue weighted by atomic mass is 10.2. The topological polar surface area (TPSA) is 65.0 Å². The van der Waals surface area contributed by atoms with Gasteiger partial charge in [-0.05, 0) is 0 Å². The molecule has 2 aromatic heterocycles. The quantitative estimate of drug-likeness (QED) is 0.738. The van der Waals surface area contributed by atoms with E-state index in [1.165, 1.54) is 24.6 Å². The van der Waals surface area contributed by atoms with Crippen molar-refractivity contribution in [3.8, 4) is 5.19 Å². The minimum Gasteiger partial charge on any atom is -0.473 e. The third-order valence-corrected chi connectivity index (χ3v) is 2.76. The zero-order valence-corrected chi connectivity index (χ0v) is 8.76. The molecule has 0 saturated heterocycles. The maximum atomic E-state index is 11.6. The van der Waals surface area contributed by atoms with Gasteiger partial charge in [-0.15, -0.1) is 0 Å². The summed E-state index contributed by atoms with van der Waals surface area (Å²) in [4.78, 5) is 15.6. The van der Waals surface area contributed by atoms with Crippen LogP contribution in [0.15, 0.2) is 11.6 Å². The Kier molecular flexibility index (Phi) is 2.51. The molecule has 0 spiro atoms. The molecule has 0 aliphatic heterocycles. The van der Waals surface area contributed by atoms with E-state index >= 15 is 0 Å². The van der Waals surface area contributed by atoms with Crippen LogP contribution in [-0.4, -0.2) is 26.6 Å². The zero-order chi connectivity index (χ0) is 9.97. The van der Waals surface area contributed by atoms with E-state index in [1.807, 2.05) is 0 Å². The Balaban J connectivity index is 2.28. The normalized spacial score (nSPS) is 10.1. The largest absolute Gasteiger partial charge is 0.473 e. The molecule has 0 N–H and O–H groups in total. The van der Waals surface area contributed by atoms with E-state index in [4.69, 9.17) is 4.74 Å². The first kappa shape index (κ1) is 9.22. The Morgan fingerprint density at radius 2 is 2.36 bits per heavy atom. The van der Waals surface area contributed by atoms with Crippen LogP contribution in [0.2, 0.25) is 0 Å². The predicted octanol–water partition coefficient (Wildman–Crippen LogP) is 1.23. The van der Waals surface area contributed by atoms with Gasteiger partial charge < -0.3 is 4.74 Å². The smallest absolute Gasteiger partial charge is 0.273 e. The van der Waals surface area contributed by atoms with Crippen molar-refractivity contribution in [1.29, 1.82) is 0 Å². The molecule has 0 unspecified atom stereocenters. The highest BCUT2D eigenvalue weighted by Gasteiger charge is 2.15. The molecule has 0 saturated carbocycles. The number of carbonyl (C=O) groups excluding carboxylic acids is 1. The van der Waals surface area contributed by atoms with Gasteiger partial charge in [0.2, 0.25) is 5.78 Å². The maximum absolute atomic E-state index is 11.6. The van der Waals surface area contributed by atoms with Crippen molar-refractivity contribution in [3.63, 3.8) is 0 Å². The Labute approximate surface area is 87.7 Å². The maximum Gasteiger partial charge on any atom is 0.273 e. The number of nitrogens with zero attached hydrogens (tertiary/aromatic N) is 3. The molecule has 0 atom stereocenters. The SMILES string of the molecule is COc1nc(C(=O)c2cnsn2)cs1. The number of methoxy groups -OCH3 is 1. The zero-order valence-electron chi connectivity index (χ0n) is 7.13. The first-order valence-electron chi connectivity index (χ1n) is 3.63. The Hall–Kier alpha value is -1.34. The number of rotatable bonds is 3. The average molecular weight is 227 g/mol. The third-order valence-electron chi connectivity index (χ3n) is 1.48. The first-order chi connectivity index (χ1) is 6.81. The number of aromatic nitrogens is 3. The molecule has 0 aromatic carbocycles. The van der Waals surface area contributed by atoms with E-state index in [2.05, 4.69) is 13.7 Å². The molecule has 2 rings (SSSR count). The number of carbonyl (C=O) groups is 1. The predicted molar refractivity (Wildman–Crippen MR) is 52.0 cm³/mol. The van der Waals surface area contributed by atoms with E-state index in [0.717, 1.165) is 11.7 Å². The van der Waals surface area contributed by atoms with Crippen molar-refractivity contribution in [2.45, 2.75) is 0 Å². The van der Waals surface area contributed by atoms with Gasteiger partial charge in [0.25, 0.3) is 5.19 Å². The molecule has 5 nitrogen and oxygen atoms in total. The van der Waals surface area contributed by atoms with Crippen molar-refractivity contribution in [2.24, 2.45) is 0 Å². The van der Waals surface area contributed by atoms with Crippen LogP contribution in [0, 0.1) is 0 Å². The van der Waals surface area contributed by atoms with Crippen LogP contribution in [0.25, 0.3) is 0 Å². The van der Waals surface area contributed by atoms with Crippen molar-refractivity contribution in [1.82, 2.24) is 13.7 Å². The van der Waals surface area contributed by atoms with Gasteiger partial charge in [-0.1, -0.05) is 11.3 Å². The molecule has 0 aliphatic carbocycles. The molecule has 0 aliphatic rings. The summed E-state index contributed by atoms with van der Waals surface area (Å²) >= 11 is 2.27. The van der Waals surface area contributed by atoms with Crippen LogP contribution in [0.4, 0.5) is 0 Å². The van der Waals surface area contributed by atoms with Crippen LogP contribution in [0.3, 0.4) is 0 Å². The van der Waals surface area contributed by atoms with Crippen molar-refractivity contribution >= 4 is 28.8 Å². The van der Waals surface area contributed by atoms with Crippen LogP contribution in [0.5, 0.6) is 5.19 Å². The highest BCUT2D eigenvalue weighted by Crippen LogP contribution is 2.19. The number of hydrogen-bond acceptors (Lipinski definition) is 7. The fourth-order valence-electron chi connectivity index (χ4n) is 0.851. The molecule has 0 fully saturated rings. The number of hydrogen-bond donors (Lipinski definition) is 0. The first-order valence-corrected chi connectivity index (χ1v) is 5.24. The second-order valence-corrected chi connectivity index (χ2v) is 3.70. The van der Waals surface area contributed by atoms with Crippen molar-refractivity contribution < 1.29 is 9.53 Å². The van der Waals surface area contributed by atoms with E-state index in [1.54, 1.807) is 5.38 Å². The summed E-state index contributed by atoms with van der Waals surface area (Å²) in [6.07, 6.45) is 1.43. The van der Waals surface area contributed by atoms with Crippen LogP contribution < -0.4 is 4.74 Å². The Bertz CT molecular complexity index is 437. The summed E-state index contributed by atoms with van der Waals surface area (Å²) in [7, 11) is 1.51. The van der Waals surface area contributed by atoms with Gasteiger partial charge in [0.15, 0.2) is 0 Å². The highest BCUT2D eigenvalue weighted by atomic mass is 32.1. The minimum absolute atomic E-state index is 0.224. The number of thiazole rings is 1. The lowest BCUT2D eigenvalue weighted by Gasteiger charge is -1.89. The Morgan fingerprint density at radius 3 is 2.93 bits per heavy atom. The van der Waals surface area contributed by atoms with Crippen molar-refractivity contribution in [2.75, 3.05) is 7.11 Å². The van der Waals surface area contributed by atoms with Crippen LogP contribution in [0.1, 0.15) is 16.2 Å². The fraction of sp³-hybridized carbons (Fsp3) is 0.143. The molecule has 0 bridgehead atoms. The summed E-state index contributed by atoms with van der Waals surface area (Å²) in [5.74, 6) is -0.224. The number of ether oxygens (including phenoxy) is 1. The second kappa shape index (κ2) is 3.81. The van der Waals surface area contributed by atoms with Crippen LogP contribution >= 0.6 is 23.1 Å². The summed E-state index contributed by atoms with van der Waals surface area (Å²) < 4.78 is 12.5. The summed E-state index contributed by atoms with van der Waals surface area (Å²) in [5, 5.41) is 2.11. The molecule has 7 heteroatoms. The standard InChI is InChI=1S/C7H5N3O2S2/c1-12-7-9-5(3-13-7)6(11)4-2-8-14-10-4/h2-3H,1H3. The van der Waals surface area contributed by atoms with Gasteiger partial charge in [0, 0.05) is 5.38 Å². The average Bonchev–Trinajstić information content (AvgIpc) is 2.88. The highest BCUT2D eigenvalue weighted by molar-refractivity contribution is 7.11. The van der Waals surface area contributed by atoms with Gasteiger partial charge in [0.05, 0.1) is 25.0 Å². The van der Waals surface area contributed by atoms with E-state index in [-0.39, 0.29) is 5.78 Å². The molecule has 14 heavy (non-hydrogen) atoms. The molecular weight excluding hydrogens is 222 g/mol. The third kappa shape index (κ3) is 1.64. The van der Waals surface area contributed by atoms with Gasteiger partial charge >= 0.3 is 0 Å². The molecule has 0 radical (unpaired) electrons. The van der Waals surface area contributed by atoms with Crippen LogP contribution in [-0.2, 0) is 0 Å². The van der Waals surface area contributed by atoms with Gasteiger partial charge in [0.1, 0.15) is 11.4 Å². The van der Waals surface area contributed by atoms with E-state index < -0.39 is 0 Å². The molecule has 72 valence electrons. The molecule has 0 amide bonds. The van der Waals surface area contributed by atoms with Gasteiger partial charge in [-0.2, -0.15) is 13.7 Å². The van der Waals surface area contributed by atoms with E-state index in [9.17, 15) is 4.79 Å². The number of ketones is 1. The van der Waals surface area contributed by atoms with Gasteiger partial charge in [-0.25, -0.2) is 0 Å². The molecular formula is C7H5N3O2S2. The van der Waals surface area contributed by atoms with Crippen molar-refractivity contribution in [3.05, 3.63) is 23.0 Å². The second-order valence-electron chi connectivity index (χ2n) is 2.32. The minimum atomic E-state index is -0.224. The summed E-state index contributed by atoms with van der Waals surface area (Å²) in [5.41, 5.74) is 0.669. The monoisotopic (exact) mass is 227 g/mol. The summed E-state index contributed by atoms with van der Waals surface area (Å²) in [6.45, 7) is 0. The molecule has 2 aromatic rings. The summed E-state index contributed by atoms with van der Waals surface area (Å²) in [6, 6.07) is 0. The Morgan fingerprint density at radius 1 is 1.50 bits per heavy atom. The lowest BCUT2D eigenvalue weighted by Crippen LogP contribution is -2.01. The molecule has 2 heterocycles. The lowest BCUT2D eigenvalue weighted by molar-refractivity contribution is 0.103. The fourth-order valence-corrected chi connectivity index (χ4v) is 1.88. The van der Waals surface area contributed by atoms with E-state index in [0.29, 0.717) is 16.6 Å². The van der Waals surface area contributed by atoms with Gasteiger partial charge in [-0.3, -0.25) is 4.79 Å².